The van der Waals surface area contributed by atoms with Crippen LogP contribution in [0.15, 0.2) is 47.4 Å². The van der Waals surface area contributed by atoms with Gasteiger partial charge in [-0.15, -0.1) is 0 Å². The zero-order valence-corrected chi connectivity index (χ0v) is 16.2. The van der Waals surface area contributed by atoms with Gasteiger partial charge in [-0.2, -0.15) is 0 Å². The normalized spacial score (nSPS) is 15.2. The quantitative estimate of drug-likeness (QED) is 0.458. The van der Waals surface area contributed by atoms with Crippen molar-refractivity contribution in [3.8, 4) is 11.5 Å². The minimum absolute atomic E-state index is 0.149. The van der Waals surface area contributed by atoms with Gasteiger partial charge in [0.05, 0.1) is 4.91 Å². The molecule has 0 spiro atoms. The van der Waals surface area contributed by atoms with Crippen molar-refractivity contribution in [2.24, 2.45) is 0 Å². The second kappa shape index (κ2) is 8.38. The molecule has 0 radical (unpaired) electrons. The van der Waals surface area contributed by atoms with Crippen LogP contribution >= 0.6 is 24.0 Å². The summed E-state index contributed by atoms with van der Waals surface area (Å²) in [6.07, 6.45) is 1.81. The van der Waals surface area contributed by atoms with Crippen LogP contribution in [0.1, 0.15) is 16.7 Å². The third-order valence-corrected chi connectivity index (χ3v) is 4.94. The zero-order valence-electron chi connectivity index (χ0n) is 14.6. The fraction of sp³-hybridized carbons (Fsp3) is 0.200. The van der Waals surface area contributed by atoms with Crippen molar-refractivity contribution in [3.63, 3.8) is 0 Å². The summed E-state index contributed by atoms with van der Waals surface area (Å²) in [6, 6.07) is 13.7. The Bertz CT molecular complexity index is 860. The minimum atomic E-state index is -0.149. The van der Waals surface area contributed by atoms with E-state index in [9.17, 15) is 4.79 Å². The Morgan fingerprint density at radius 2 is 1.81 bits per heavy atom. The number of nitrogens with one attached hydrogen (secondary N) is 1. The molecule has 2 aromatic carbocycles. The van der Waals surface area contributed by atoms with E-state index in [1.807, 2.05) is 56.3 Å². The van der Waals surface area contributed by atoms with Crippen molar-refractivity contribution in [1.82, 2.24) is 5.32 Å². The van der Waals surface area contributed by atoms with Gasteiger partial charge in [0.2, 0.25) is 0 Å². The number of rotatable bonds is 6. The van der Waals surface area contributed by atoms with Crippen LogP contribution in [0.4, 0.5) is 0 Å². The van der Waals surface area contributed by atoms with E-state index in [1.165, 1.54) is 17.3 Å². The molecule has 2 aromatic rings. The van der Waals surface area contributed by atoms with E-state index in [0.29, 0.717) is 22.4 Å². The third kappa shape index (κ3) is 4.86. The van der Waals surface area contributed by atoms with Gasteiger partial charge in [0.1, 0.15) is 29.0 Å². The number of ether oxygens (including phenoxy) is 2. The molecular weight excluding hydrogens is 366 g/mol. The molecule has 3 rings (SSSR count). The fourth-order valence-electron chi connectivity index (χ4n) is 2.41. The lowest BCUT2D eigenvalue weighted by Crippen LogP contribution is -2.17. The van der Waals surface area contributed by atoms with Gasteiger partial charge in [0.15, 0.2) is 0 Å². The molecule has 134 valence electrons. The average molecular weight is 386 g/mol. The van der Waals surface area contributed by atoms with E-state index in [-0.39, 0.29) is 5.91 Å². The molecule has 26 heavy (non-hydrogen) atoms. The summed E-state index contributed by atoms with van der Waals surface area (Å²) >= 11 is 6.25. The number of amides is 1. The summed E-state index contributed by atoms with van der Waals surface area (Å²) in [5, 5.41) is 2.60. The lowest BCUT2D eigenvalue weighted by Gasteiger charge is -2.11. The number of aryl methyl sites for hydroxylation is 2. The van der Waals surface area contributed by atoms with Crippen LogP contribution in [0.2, 0.25) is 0 Å². The van der Waals surface area contributed by atoms with Crippen molar-refractivity contribution in [3.05, 3.63) is 64.1 Å². The topological polar surface area (TPSA) is 47.6 Å². The number of carbonyl (C=O) groups is 1. The second-order valence-electron chi connectivity index (χ2n) is 5.89. The third-order valence-electron chi connectivity index (χ3n) is 3.77. The van der Waals surface area contributed by atoms with Crippen molar-refractivity contribution in [1.29, 1.82) is 0 Å². The Labute approximate surface area is 162 Å². The summed E-state index contributed by atoms with van der Waals surface area (Å²) < 4.78 is 12.0. The molecule has 0 saturated carbocycles. The molecule has 1 heterocycles. The van der Waals surface area contributed by atoms with E-state index >= 15 is 0 Å². The van der Waals surface area contributed by atoms with Gasteiger partial charge in [0.25, 0.3) is 5.91 Å². The summed E-state index contributed by atoms with van der Waals surface area (Å²) in [5.41, 5.74) is 3.21. The lowest BCUT2D eigenvalue weighted by molar-refractivity contribution is -0.115. The predicted molar refractivity (Wildman–Crippen MR) is 110 cm³/mol. The predicted octanol–water partition coefficient (Wildman–Crippen LogP) is 4.25. The van der Waals surface area contributed by atoms with Gasteiger partial charge in [-0.25, -0.2) is 0 Å². The van der Waals surface area contributed by atoms with Crippen LogP contribution < -0.4 is 14.8 Å². The lowest BCUT2D eigenvalue weighted by atomic mass is 10.1. The molecule has 4 nitrogen and oxygen atoms in total. The molecule has 1 fully saturated rings. The molecule has 6 heteroatoms. The van der Waals surface area contributed by atoms with Gasteiger partial charge < -0.3 is 14.8 Å². The Morgan fingerprint density at radius 3 is 2.50 bits per heavy atom. The summed E-state index contributed by atoms with van der Waals surface area (Å²) in [7, 11) is 0. The van der Waals surface area contributed by atoms with Crippen LogP contribution in [0.3, 0.4) is 0 Å². The molecule has 0 aromatic heterocycles. The molecule has 1 aliphatic heterocycles. The number of hydrogen-bond acceptors (Lipinski definition) is 5. The molecule has 1 aliphatic rings. The van der Waals surface area contributed by atoms with Crippen LogP contribution in [0, 0.1) is 13.8 Å². The number of hydrogen-bond donors (Lipinski definition) is 1. The molecule has 0 aliphatic carbocycles. The molecule has 0 unspecified atom stereocenters. The smallest absolute Gasteiger partial charge is 0.263 e. The first kappa shape index (κ1) is 18.5. The highest BCUT2D eigenvalue weighted by atomic mass is 32.2. The standard InChI is InChI=1S/C20H19NO3S2/c1-13-3-4-14(2)17(11-13)24-10-9-23-16-7-5-15(6-8-16)12-18-19(22)21-20(25)26-18/h3-8,11-12H,9-10H2,1-2H3,(H,21,22,25). The van der Waals surface area contributed by atoms with Crippen molar-refractivity contribution in [2.45, 2.75) is 13.8 Å². The maximum absolute atomic E-state index is 11.7. The molecule has 1 amide bonds. The van der Waals surface area contributed by atoms with Gasteiger partial charge in [-0.1, -0.05) is 48.2 Å². The molecule has 0 bridgehead atoms. The Kier molecular flexibility index (Phi) is 5.96. The maximum atomic E-state index is 11.7. The summed E-state index contributed by atoms with van der Waals surface area (Å²) in [6.45, 7) is 5.00. The van der Waals surface area contributed by atoms with Crippen molar-refractivity contribution in [2.75, 3.05) is 13.2 Å². The first-order valence-electron chi connectivity index (χ1n) is 8.19. The van der Waals surface area contributed by atoms with Crippen LogP contribution in [-0.2, 0) is 4.79 Å². The fourth-order valence-corrected chi connectivity index (χ4v) is 3.45. The molecule has 1 N–H and O–H groups in total. The molecule has 0 atom stereocenters. The van der Waals surface area contributed by atoms with E-state index in [1.54, 1.807) is 0 Å². The van der Waals surface area contributed by atoms with Gasteiger partial charge >= 0.3 is 0 Å². The average Bonchev–Trinajstić information content (AvgIpc) is 2.93. The Balaban J connectivity index is 1.50. The van der Waals surface area contributed by atoms with E-state index < -0.39 is 0 Å². The maximum Gasteiger partial charge on any atom is 0.263 e. The van der Waals surface area contributed by atoms with Crippen molar-refractivity contribution < 1.29 is 14.3 Å². The van der Waals surface area contributed by atoms with Crippen LogP contribution in [-0.4, -0.2) is 23.4 Å². The second-order valence-corrected chi connectivity index (χ2v) is 7.61. The van der Waals surface area contributed by atoms with Crippen LogP contribution in [0.5, 0.6) is 11.5 Å². The zero-order chi connectivity index (χ0) is 18.5. The van der Waals surface area contributed by atoms with E-state index in [2.05, 4.69) is 11.4 Å². The number of benzene rings is 2. The van der Waals surface area contributed by atoms with Crippen molar-refractivity contribution >= 4 is 40.3 Å². The number of thiocarbonyl (C=S) groups is 1. The summed E-state index contributed by atoms with van der Waals surface area (Å²) in [5.74, 6) is 1.50. The van der Waals surface area contributed by atoms with Gasteiger partial charge in [-0.05, 0) is 54.8 Å². The SMILES string of the molecule is Cc1ccc(C)c(OCCOc2ccc(C=C3SC(=S)NC3=O)cc2)c1. The van der Waals surface area contributed by atoms with E-state index in [0.717, 1.165) is 22.6 Å². The van der Waals surface area contributed by atoms with Gasteiger partial charge in [-0.3, -0.25) is 4.79 Å². The first-order chi connectivity index (χ1) is 12.5. The monoisotopic (exact) mass is 385 g/mol. The Morgan fingerprint density at radius 1 is 1.08 bits per heavy atom. The highest BCUT2D eigenvalue weighted by Crippen LogP contribution is 2.26. The minimum Gasteiger partial charge on any atom is -0.490 e. The Hall–Kier alpha value is -2.31. The van der Waals surface area contributed by atoms with Gasteiger partial charge in [0, 0.05) is 0 Å². The molecule has 1 saturated heterocycles. The van der Waals surface area contributed by atoms with Crippen LogP contribution in [0.25, 0.3) is 6.08 Å². The summed E-state index contributed by atoms with van der Waals surface area (Å²) in [4.78, 5) is 12.3. The highest BCUT2D eigenvalue weighted by Gasteiger charge is 2.21. The first-order valence-corrected chi connectivity index (χ1v) is 9.41. The highest BCUT2D eigenvalue weighted by molar-refractivity contribution is 8.26. The number of thioether (sulfide) groups is 1. The molecular formula is C20H19NO3S2. The number of carbonyl (C=O) groups excluding carboxylic acids is 1. The largest absolute Gasteiger partial charge is 0.490 e. The van der Waals surface area contributed by atoms with E-state index in [4.69, 9.17) is 21.7 Å².